The highest BCUT2D eigenvalue weighted by atomic mass is 16.5. The molecule has 0 aromatic heterocycles. The smallest absolute Gasteiger partial charge is 0.120 e. The molecule has 16 heavy (non-hydrogen) atoms. The van der Waals surface area contributed by atoms with E-state index in [2.05, 4.69) is 18.4 Å². The molecule has 0 unspecified atom stereocenters. The van der Waals surface area contributed by atoms with E-state index in [-0.39, 0.29) is 0 Å². The Bertz CT molecular complexity index is 350. The number of rotatable bonds is 6. The normalized spacial score (nSPS) is 10.4. The number of hydrogen-bond donors (Lipinski definition) is 1. The summed E-state index contributed by atoms with van der Waals surface area (Å²) < 4.78 is 5.12. The van der Waals surface area contributed by atoms with Crippen LogP contribution >= 0.6 is 0 Å². The van der Waals surface area contributed by atoms with E-state index in [0.717, 1.165) is 36.6 Å². The Morgan fingerprint density at radius 3 is 2.75 bits per heavy atom. The molecule has 0 aliphatic carbocycles. The van der Waals surface area contributed by atoms with Crippen molar-refractivity contribution in [3.63, 3.8) is 0 Å². The number of hydrogen-bond acceptors (Lipinski definition) is 3. The summed E-state index contributed by atoms with van der Waals surface area (Å²) in [6, 6.07) is 5.81. The minimum atomic E-state index is 0.780. The van der Waals surface area contributed by atoms with Gasteiger partial charge in [-0.15, -0.1) is 6.58 Å². The number of likely N-dealkylation sites (N-methyl/N-ethyl adjacent to an activating group) is 1. The second kappa shape index (κ2) is 6.18. The van der Waals surface area contributed by atoms with Crippen LogP contribution in [0.2, 0.25) is 0 Å². The van der Waals surface area contributed by atoms with Crippen molar-refractivity contribution < 1.29 is 4.74 Å². The zero-order valence-electron chi connectivity index (χ0n) is 10.1. The van der Waals surface area contributed by atoms with Crippen molar-refractivity contribution in [3.8, 4) is 5.75 Å². The van der Waals surface area contributed by atoms with E-state index in [1.165, 1.54) is 0 Å². The molecule has 1 rings (SSSR count). The molecule has 1 aromatic rings. The Kier molecular flexibility index (Phi) is 4.86. The first-order valence-corrected chi connectivity index (χ1v) is 5.46. The molecule has 1 aromatic carbocycles. The molecule has 3 heteroatoms. The van der Waals surface area contributed by atoms with Gasteiger partial charge in [0.2, 0.25) is 0 Å². The van der Waals surface area contributed by atoms with Gasteiger partial charge in [-0.05, 0) is 18.2 Å². The standard InChI is InChI=1S/C13H20N2O/c1-4-8-15(5-2)10-11-6-7-12(16-3)9-13(11)14/h4,6-7,9H,1,5,8,10,14H2,2-3H3. The number of nitrogen functional groups attached to an aromatic ring is 1. The van der Waals surface area contributed by atoms with E-state index in [4.69, 9.17) is 10.5 Å². The molecule has 0 heterocycles. The van der Waals surface area contributed by atoms with Gasteiger partial charge in [0.1, 0.15) is 5.75 Å². The molecule has 0 saturated heterocycles. The fourth-order valence-electron chi connectivity index (χ4n) is 1.57. The number of ether oxygens (including phenoxy) is 1. The molecule has 0 spiro atoms. The van der Waals surface area contributed by atoms with Crippen molar-refractivity contribution in [2.45, 2.75) is 13.5 Å². The van der Waals surface area contributed by atoms with Crippen molar-refractivity contribution in [2.75, 3.05) is 25.9 Å². The Hall–Kier alpha value is -1.48. The lowest BCUT2D eigenvalue weighted by molar-refractivity contribution is 0.312. The SMILES string of the molecule is C=CCN(CC)Cc1ccc(OC)cc1N. The Labute approximate surface area is 97.5 Å². The minimum Gasteiger partial charge on any atom is -0.497 e. The molecule has 2 N–H and O–H groups in total. The first kappa shape index (κ1) is 12.6. The monoisotopic (exact) mass is 220 g/mol. The third kappa shape index (κ3) is 3.28. The molecular weight excluding hydrogens is 200 g/mol. The fraction of sp³-hybridized carbons (Fsp3) is 0.385. The third-order valence-electron chi connectivity index (χ3n) is 2.58. The first-order valence-electron chi connectivity index (χ1n) is 5.46. The molecule has 0 fully saturated rings. The van der Waals surface area contributed by atoms with Gasteiger partial charge in [0.15, 0.2) is 0 Å². The average Bonchev–Trinajstić information content (AvgIpc) is 2.30. The van der Waals surface area contributed by atoms with Crippen LogP contribution in [0.5, 0.6) is 5.75 Å². The minimum absolute atomic E-state index is 0.780. The van der Waals surface area contributed by atoms with Gasteiger partial charge in [-0.25, -0.2) is 0 Å². The second-order valence-corrected chi connectivity index (χ2v) is 3.68. The van der Waals surface area contributed by atoms with Gasteiger partial charge in [0.25, 0.3) is 0 Å². The van der Waals surface area contributed by atoms with E-state index in [9.17, 15) is 0 Å². The largest absolute Gasteiger partial charge is 0.497 e. The molecule has 0 radical (unpaired) electrons. The Morgan fingerprint density at radius 2 is 2.25 bits per heavy atom. The molecule has 3 nitrogen and oxygen atoms in total. The van der Waals surface area contributed by atoms with Gasteiger partial charge in [-0.3, -0.25) is 4.90 Å². The Balaban J connectivity index is 2.76. The summed E-state index contributed by atoms with van der Waals surface area (Å²) in [5.74, 6) is 0.799. The lowest BCUT2D eigenvalue weighted by Crippen LogP contribution is -2.23. The quantitative estimate of drug-likeness (QED) is 0.590. The Morgan fingerprint density at radius 1 is 1.50 bits per heavy atom. The summed E-state index contributed by atoms with van der Waals surface area (Å²) in [5.41, 5.74) is 7.87. The van der Waals surface area contributed by atoms with Crippen LogP contribution in [0.4, 0.5) is 5.69 Å². The summed E-state index contributed by atoms with van der Waals surface area (Å²) in [5, 5.41) is 0. The summed E-state index contributed by atoms with van der Waals surface area (Å²) in [6.45, 7) is 8.58. The molecule has 0 atom stereocenters. The predicted octanol–water partition coefficient (Wildman–Crippen LogP) is 2.29. The molecule has 0 bridgehead atoms. The molecule has 0 saturated carbocycles. The number of benzene rings is 1. The van der Waals surface area contributed by atoms with Gasteiger partial charge >= 0.3 is 0 Å². The third-order valence-corrected chi connectivity index (χ3v) is 2.58. The zero-order chi connectivity index (χ0) is 12.0. The van der Waals surface area contributed by atoms with Crippen molar-refractivity contribution >= 4 is 5.69 Å². The van der Waals surface area contributed by atoms with Gasteiger partial charge in [-0.2, -0.15) is 0 Å². The highest BCUT2D eigenvalue weighted by Crippen LogP contribution is 2.20. The van der Waals surface area contributed by atoms with Crippen molar-refractivity contribution in [1.82, 2.24) is 4.90 Å². The summed E-state index contributed by atoms with van der Waals surface area (Å²) in [7, 11) is 1.64. The highest BCUT2D eigenvalue weighted by molar-refractivity contribution is 5.51. The predicted molar refractivity (Wildman–Crippen MR) is 68.6 cm³/mol. The van der Waals surface area contributed by atoms with Crippen molar-refractivity contribution in [3.05, 3.63) is 36.4 Å². The van der Waals surface area contributed by atoms with Crippen LogP contribution in [0, 0.1) is 0 Å². The van der Waals surface area contributed by atoms with Crippen LogP contribution in [0.15, 0.2) is 30.9 Å². The van der Waals surface area contributed by atoms with Crippen LogP contribution < -0.4 is 10.5 Å². The maximum atomic E-state index is 5.96. The number of methoxy groups -OCH3 is 1. The van der Waals surface area contributed by atoms with E-state index in [1.807, 2.05) is 24.3 Å². The summed E-state index contributed by atoms with van der Waals surface area (Å²) in [4.78, 5) is 2.27. The number of nitrogens with two attached hydrogens (primary N) is 1. The van der Waals surface area contributed by atoms with E-state index in [1.54, 1.807) is 7.11 Å². The molecule has 0 aliphatic rings. The summed E-state index contributed by atoms with van der Waals surface area (Å²) >= 11 is 0. The molecule has 0 amide bonds. The van der Waals surface area contributed by atoms with Crippen LogP contribution in [-0.4, -0.2) is 25.1 Å². The lowest BCUT2D eigenvalue weighted by atomic mass is 10.1. The first-order chi connectivity index (χ1) is 7.71. The van der Waals surface area contributed by atoms with Crippen molar-refractivity contribution in [2.24, 2.45) is 0 Å². The molecular formula is C13H20N2O. The van der Waals surface area contributed by atoms with Crippen molar-refractivity contribution in [1.29, 1.82) is 0 Å². The second-order valence-electron chi connectivity index (χ2n) is 3.68. The molecule has 88 valence electrons. The van der Waals surface area contributed by atoms with Gasteiger partial charge in [0, 0.05) is 24.8 Å². The van der Waals surface area contributed by atoms with Crippen LogP contribution in [0.3, 0.4) is 0 Å². The number of nitrogens with zero attached hydrogens (tertiary/aromatic N) is 1. The zero-order valence-corrected chi connectivity index (χ0v) is 10.1. The lowest BCUT2D eigenvalue weighted by Gasteiger charge is -2.19. The average molecular weight is 220 g/mol. The van der Waals surface area contributed by atoms with E-state index in [0.29, 0.717) is 0 Å². The summed E-state index contributed by atoms with van der Waals surface area (Å²) in [6.07, 6.45) is 1.91. The fourth-order valence-corrected chi connectivity index (χ4v) is 1.57. The van der Waals surface area contributed by atoms with E-state index < -0.39 is 0 Å². The maximum absolute atomic E-state index is 5.96. The van der Waals surface area contributed by atoms with Crippen LogP contribution in [-0.2, 0) is 6.54 Å². The van der Waals surface area contributed by atoms with Gasteiger partial charge in [-0.1, -0.05) is 19.1 Å². The highest BCUT2D eigenvalue weighted by Gasteiger charge is 2.05. The topological polar surface area (TPSA) is 38.5 Å². The maximum Gasteiger partial charge on any atom is 0.120 e. The van der Waals surface area contributed by atoms with Crippen LogP contribution in [0.1, 0.15) is 12.5 Å². The van der Waals surface area contributed by atoms with Crippen LogP contribution in [0.25, 0.3) is 0 Å². The van der Waals surface area contributed by atoms with E-state index >= 15 is 0 Å². The number of anilines is 1. The van der Waals surface area contributed by atoms with Gasteiger partial charge in [0.05, 0.1) is 7.11 Å². The van der Waals surface area contributed by atoms with Gasteiger partial charge < -0.3 is 10.5 Å². The molecule has 0 aliphatic heterocycles.